The van der Waals surface area contributed by atoms with E-state index in [0.717, 1.165) is 11.1 Å². The molecule has 0 aromatic heterocycles. The quantitative estimate of drug-likeness (QED) is 0.275. The molecule has 1 aliphatic rings. The first kappa shape index (κ1) is 24.9. The molecule has 0 spiro atoms. The zero-order valence-electron chi connectivity index (χ0n) is 19.0. The lowest BCUT2D eigenvalue weighted by atomic mass is 10.1. The highest BCUT2D eigenvalue weighted by Crippen LogP contribution is 2.34. The van der Waals surface area contributed by atoms with Crippen molar-refractivity contribution in [1.29, 1.82) is 0 Å². The van der Waals surface area contributed by atoms with Gasteiger partial charge in [0.1, 0.15) is 34.6 Å². The van der Waals surface area contributed by atoms with Crippen LogP contribution in [0.3, 0.4) is 0 Å². The molecule has 4 rings (SSSR count). The van der Waals surface area contributed by atoms with E-state index in [-0.39, 0.29) is 17.6 Å². The number of nitrogens with one attached hydrogen (secondary N) is 1. The summed E-state index contributed by atoms with van der Waals surface area (Å²) in [5, 5.41) is 4.04. The third-order valence-corrected chi connectivity index (χ3v) is 6.29. The summed E-state index contributed by atoms with van der Waals surface area (Å²) in [5.74, 6) is 1.41. The number of nitrogens with zero attached hydrogens (tertiary/aromatic N) is 1. The number of rotatable bonds is 8. The maximum Gasteiger partial charge on any atom is 0.281 e. The monoisotopic (exact) mass is 528 g/mol. The lowest BCUT2D eigenvalue weighted by Gasteiger charge is -2.18. The molecule has 35 heavy (non-hydrogen) atoms. The smallest absolute Gasteiger partial charge is 0.281 e. The summed E-state index contributed by atoms with van der Waals surface area (Å²) in [4.78, 5) is 14.7. The number of hydrogen-bond acceptors (Lipinski definition) is 5. The maximum atomic E-state index is 13.2. The third-order valence-electron chi connectivity index (χ3n) is 5.20. The van der Waals surface area contributed by atoms with Gasteiger partial charge in [-0.05, 0) is 67.2 Å². The van der Waals surface area contributed by atoms with Crippen LogP contribution in [0.4, 0.5) is 5.69 Å². The average molecular weight is 529 g/mol. The summed E-state index contributed by atoms with van der Waals surface area (Å²) < 4.78 is 17.0. The van der Waals surface area contributed by atoms with Gasteiger partial charge in [-0.1, -0.05) is 47.5 Å². The lowest BCUT2D eigenvalue weighted by Crippen LogP contribution is -2.30. The zero-order chi connectivity index (χ0) is 24.9. The van der Waals surface area contributed by atoms with Crippen LogP contribution in [0.25, 0.3) is 6.08 Å². The number of ether oxygens (including phenoxy) is 3. The van der Waals surface area contributed by atoms with Crippen LogP contribution in [0.1, 0.15) is 18.1 Å². The largest absolute Gasteiger partial charge is 0.496 e. The first-order valence-electron chi connectivity index (χ1n) is 10.8. The van der Waals surface area contributed by atoms with Gasteiger partial charge in [-0.25, -0.2) is 4.90 Å². The summed E-state index contributed by atoms with van der Waals surface area (Å²) >= 11 is 17.8. The predicted molar refractivity (Wildman–Crippen MR) is 143 cm³/mol. The van der Waals surface area contributed by atoms with Crippen LogP contribution >= 0.6 is 35.4 Å². The highest BCUT2D eigenvalue weighted by atomic mass is 35.5. The molecule has 9 heteroatoms. The fourth-order valence-corrected chi connectivity index (χ4v) is 4.23. The number of benzene rings is 3. The van der Waals surface area contributed by atoms with Crippen LogP contribution in [0.5, 0.6) is 17.2 Å². The van der Waals surface area contributed by atoms with Gasteiger partial charge in [-0.2, -0.15) is 0 Å². The van der Waals surface area contributed by atoms with Crippen molar-refractivity contribution in [3.05, 3.63) is 87.5 Å². The van der Waals surface area contributed by atoms with Gasteiger partial charge in [0.2, 0.25) is 0 Å². The van der Waals surface area contributed by atoms with Gasteiger partial charge in [-0.15, -0.1) is 0 Å². The van der Waals surface area contributed by atoms with Crippen molar-refractivity contribution >= 4 is 58.2 Å². The van der Waals surface area contributed by atoms with Crippen molar-refractivity contribution < 1.29 is 19.0 Å². The summed E-state index contributed by atoms with van der Waals surface area (Å²) in [6, 6.07) is 18.0. The first-order valence-corrected chi connectivity index (χ1v) is 11.9. The second kappa shape index (κ2) is 11.0. The minimum atomic E-state index is -0.276. The van der Waals surface area contributed by atoms with Crippen LogP contribution in [-0.2, 0) is 11.4 Å². The molecule has 0 atom stereocenters. The molecule has 0 aliphatic carbocycles. The molecule has 0 saturated carbocycles. The van der Waals surface area contributed by atoms with Gasteiger partial charge in [-0.3, -0.25) is 4.79 Å². The number of halogens is 2. The van der Waals surface area contributed by atoms with E-state index in [2.05, 4.69) is 5.32 Å². The highest BCUT2D eigenvalue weighted by molar-refractivity contribution is 7.80. The van der Waals surface area contributed by atoms with E-state index in [1.165, 1.54) is 4.90 Å². The topological polar surface area (TPSA) is 60.0 Å². The first-order chi connectivity index (χ1) is 16.9. The van der Waals surface area contributed by atoms with E-state index in [9.17, 15) is 4.79 Å². The van der Waals surface area contributed by atoms with Gasteiger partial charge in [0.15, 0.2) is 5.11 Å². The van der Waals surface area contributed by atoms with E-state index < -0.39 is 0 Å². The number of hydrogen-bond donors (Lipinski definition) is 1. The molecule has 1 N–H and O–H groups in total. The third kappa shape index (κ3) is 5.37. The maximum absolute atomic E-state index is 13.2. The molecular formula is C26H22Cl2N2O4S. The van der Waals surface area contributed by atoms with Crippen LogP contribution in [0.2, 0.25) is 10.0 Å². The molecule has 3 aromatic carbocycles. The Bertz CT molecular complexity index is 1310. The lowest BCUT2D eigenvalue weighted by molar-refractivity contribution is -0.113. The van der Waals surface area contributed by atoms with Crippen molar-refractivity contribution in [3.8, 4) is 17.2 Å². The van der Waals surface area contributed by atoms with Gasteiger partial charge in [0.25, 0.3) is 5.91 Å². The van der Waals surface area contributed by atoms with Gasteiger partial charge >= 0.3 is 0 Å². The number of amides is 1. The van der Waals surface area contributed by atoms with E-state index >= 15 is 0 Å². The second-order valence-corrected chi connectivity index (χ2v) is 8.61. The second-order valence-electron chi connectivity index (χ2n) is 7.44. The Morgan fingerprint density at radius 1 is 1.00 bits per heavy atom. The van der Waals surface area contributed by atoms with Crippen LogP contribution < -0.4 is 24.4 Å². The Morgan fingerprint density at radius 2 is 1.77 bits per heavy atom. The van der Waals surface area contributed by atoms with Crippen molar-refractivity contribution in [2.75, 3.05) is 18.6 Å². The molecule has 180 valence electrons. The van der Waals surface area contributed by atoms with Crippen LogP contribution in [-0.4, -0.2) is 24.7 Å². The fraction of sp³-hybridized carbons (Fsp3) is 0.154. The predicted octanol–water partition coefficient (Wildman–Crippen LogP) is 6.24. The summed E-state index contributed by atoms with van der Waals surface area (Å²) in [6.45, 7) is 2.54. The SMILES string of the molecule is CCOc1ccccc1N1C(=O)/C(=C\c2ccc(OC)c(COc3cccc(Cl)c3Cl)c2)NC1=S. The van der Waals surface area contributed by atoms with Crippen molar-refractivity contribution in [2.45, 2.75) is 13.5 Å². The van der Waals surface area contributed by atoms with E-state index in [1.807, 2.05) is 37.3 Å². The van der Waals surface area contributed by atoms with E-state index in [0.29, 0.717) is 45.3 Å². The number of anilines is 1. The Labute approximate surface area is 219 Å². The number of carbonyl (C=O) groups excluding carboxylic acids is 1. The molecule has 1 heterocycles. The zero-order valence-corrected chi connectivity index (χ0v) is 21.3. The Balaban J connectivity index is 1.59. The normalized spacial score (nSPS) is 14.3. The van der Waals surface area contributed by atoms with Gasteiger partial charge in [0.05, 0.1) is 24.4 Å². The highest BCUT2D eigenvalue weighted by Gasteiger charge is 2.33. The summed E-state index contributed by atoms with van der Waals surface area (Å²) in [7, 11) is 1.58. The van der Waals surface area contributed by atoms with Crippen LogP contribution in [0, 0.1) is 0 Å². The standard InChI is InChI=1S/C26H22Cl2N2O4S/c1-3-33-22-9-5-4-8-20(22)30-25(31)19(29-26(30)35)14-16-11-12-21(32-2)17(13-16)15-34-23-10-6-7-18(27)24(23)28/h4-14H,3,15H2,1-2H3,(H,29,35)/b19-14+. The molecular weight excluding hydrogens is 507 g/mol. The van der Waals surface area contributed by atoms with Gasteiger partial charge < -0.3 is 19.5 Å². The number of para-hydroxylation sites is 2. The molecule has 0 radical (unpaired) electrons. The molecule has 1 amide bonds. The summed E-state index contributed by atoms with van der Waals surface area (Å²) in [5.41, 5.74) is 2.46. The minimum absolute atomic E-state index is 0.188. The van der Waals surface area contributed by atoms with E-state index in [4.69, 9.17) is 49.6 Å². The van der Waals surface area contributed by atoms with E-state index in [1.54, 1.807) is 43.5 Å². The minimum Gasteiger partial charge on any atom is -0.496 e. The molecule has 1 saturated heterocycles. The Hall–Kier alpha value is -3.26. The number of thiocarbonyl (C=S) groups is 1. The molecule has 6 nitrogen and oxygen atoms in total. The molecule has 1 aliphatic heterocycles. The molecule has 0 bridgehead atoms. The average Bonchev–Trinajstić information content (AvgIpc) is 3.13. The Morgan fingerprint density at radius 3 is 2.54 bits per heavy atom. The molecule has 1 fully saturated rings. The van der Waals surface area contributed by atoms with Crippen molar-refractivity contribution in [3.63, 3.8) is 0 Å². The molecule has 3 aromatic rings. The summed E-state index contributed by atoms with van der Waals surface area (Å²) in [6.07, 6.45) is 1.73. The number of methoxy groups -OCH3 is 1. The van der Waals surface area contributed by atoms with Crippen LogP contribution in [0.15, 0.2) is 66.4 Å². The number of carbonyl (C=O) groups is 1. The Kier molecular flexibility index (Phi) is 7.80. The van der Waals surface area contributed by atoms with Crippen molar-refractivity contribution in [2.24, 2.45) is 0 Å². The van der Waals surface area contributed by atoms with Crippen molar-refractivity contribution in [1.82, 2.24) is 5.32 Å². The fourth-order valence-electron chi connectivity index (χ4n) is 3.59. The molecule has 0 unspecified atom stereocenters. The van der Waals surface area contributed by atoms with Gasteiger partial charge in [0, 0.05) is 5.56 Å².